The lowest BCUT2D eigenvalue weighted by Gasteiger charge is -2.06. The smallest absolute Gasteiger partial charge is 0.419 e. The number of aromatic nitrogens is 1. The number of carbonyl (C=O) groups is 1. The Labute approximate surface area is 125 Å². The van der Waals surface area contributed by atoms with Gasteiger partial charge in [-0.1, -0.05) is 12.1 Å². The zero-order valence-corrected chi connectivity index (χ0v) is 12.1. The van der Waals surface area contributed by atoms with Crippen LogP contribution in [0.1, 0.15) is 5.56 Å². The molecule has 2 N–H and O–H groups in total. The minimum Gasteiger partial charge on any atom is -0.465 e. The number of aryl methyl sites for hydroxylation is 2. The van der Waals surface area contributed by atoms with Crippen molar-refractivity contribution in [1.29, 1.82) is 0 Å². The third-order valence-electron chi connectivity index (χ3n) is 3.54. The van der Waals surface area contributed by atoms with E-state index in [0.717, 1.165) is 22.2 Å². The van der Waals surface area contributed by atoms with E-state index in [4.69, 9.17) is 9.52 Å². The van der Waals surface area contributed by atoms with Crippen LogP contribution in [-0.4, -0.2) is 15.8 Å². The van der Waals surface area contributed by atoms with E-state index in [0.29, 0.717) is 11.3 Å². The van der Waals surface area contributed by atoms with Gasteiger partial charge in [-0.25, -0.2) is 9.59 Å². The molecule has 1 aromatic heterocycles. The number of nitrogens with zero attached hydrogens (tertiary/aromatic N) is 1. The van der Waals surface area contributed by atoms with Crippen molar-refractivity contribution >= 4 is 22.9 Å². The second kappa shape index (κ2) is 5.07. The second-order valence-corrected chi connectivity index (χ2v) is 5.07. The van der Waals surface area contributed by atoms with E-state index in [2.05, 4.69) is 5.32 Å². The topological polar surface area (TPSA) is 84.5 Å². The number of fused-ring (bicyclic) bond motifs is 1. The molecular weight excluding hydrogens is 284 g/mol. The van der Waals surface area contributed by atoms with Gasteiger partial charge in [0.15, 0.2) is 5.58 Å². The van der Waals surface area contributed by atoms with Crippen LogP contribution in [-0.2, 0) is 7.05 Å². The highest BCUT2D eigenvalue weighted by Crippen LogP contribution is 2.27. The van der Waals surface area contributed by atoms with Crippen LogP contribution in [0.2, 0.25) is 0 Å². The molecule has 3 aromatic rings. The van der Waals surface area contributed by atoms with Gasteiger partial charge in [0, 0.05) is 12.7 Å². The zero-order chi connectivity index (χ0) is 15.9. The van der Waals surface area contributed by atoms with Gasteiger partial charge in [-0.3, -0.25) is 9.88 Å². The molecule has 0 aliphatic rings. The Morgan fingerprint density at radius 1 is 1.18 bits per heavy atom. The summed E-state index contributed by atoms with van der Waals surface area (Å²) in [5.74, 6) is -0.392. The highest BCUT2D eigenvalue weighted by molar-refractivity contribution is 5.85. The molecule has 6 heteroatoms. The first kappa shape index (κ1) is 13.9. The molecule has 3 rings (SSSR count). The van der Waals surface area contributed by atoms with Crippen LogP contribution in [0.4, 0.5) is 10.5 Å². The Kier molecular flexibility index (Phi) is 3.21. The molecule has 1 amide bonds. The molecule has 0 saturated carbocycles. The summed E-state index contributed by atoms with van der Waals surface area (Å²) in [5.41, 5.74) is 4.57. The molecule has 2 aromatic carbocycles. The predicted octanol–water partition coefficient (Wildman–Crippen LogP) is 3.20. The van der Waals surface area contributed by atoms with Gasteiger partial charge in [0.2, 0.25) is 0 Å². The Morgan fingerprint density at radius 3 is 2.50 bits per heavy atom. The largest absolute Gasteiger partial charge is 0.465 e. The van der Waals surface area contributed by atoms with Gasteiger partial charge in [0.05, 0.1) is 5.52 Å². The molecule has 0 saturated heterocycles. The molecule has 0 aliphatic heterocycles. The number of amides is 1. The van der Waals surface area contributed by atoms with Gasteiger partial charge in [-0.2, -0.15) is 0 Å². The van der Waals surface area contributed by atoms with Crippen molar-refractivity contribution in [3.05, 3.63) is 52.5 Å². The summed E-state index contributed by atoms with van der Waals surface area (Å²) >= 11 is 0. The van der Waals surface area contributed by atoms with Crippen LogP contribution < -0.4 is 11.1 Å². The first-order valence-corrected chi connectivity index (χ1v) is 6.66. The molecule has 0 spiro atoms. The van der Waals surface area contributed by atoms with E-state index >= 15 is 0 Å². The normalized spacial score (nSPS) is 10.8. The highest BCUT2D eigenvalue weighted by Gasteiger charge is 2.11. The number of rotatable bonds is 2. The lowest BCUT2D eigenvalue weighted by molar-refractivity contribution is 0.210. The maximum Gasteiger partial charge on any atom is 0.419 e. The minimum absolute atomic E-state index is 0.392. The maximum absolute atomic E-state index is 11.6. The fourth-order valence-corrected chi connectivity index (χ4v) is 2.54. The molecule has 0 aliphatic carbocycles. The maximum atomic E-state index is 11.6. The summed E-state index contributed by atoms with van der Waals surface area (Å²) in [6, 6.07) is 10.8. The number of hydrogen-bond donors (Lipinski definition) is 2. The molecule has 0 unspecified atom stereocenters. The average Bonchev–Trinajstić information content (AvgIpc) is 2.74. The minimum atomic E-state index is -1.10. The molecule has 112 valence electrons. The fourth-order valence-electron chi connectivity index (χ4n) is 2.54. The third kappa shape index (κ3) is 2.35. The Balaban J connectivity index is 2.06. The van der Waals surface area contributed by atoms with E-state index < -0.39 is 11.8 Å². The number of benzene rings is 2. The van der Waals surface area contributed by atoms with Crippen LogP contribution in [0.5, 0.6) is 0 Å². The zero-order valence-electron chi connectivity index (χ0n) is 12.1. The van der Waals surface area contributed by atoms with E-state index in [1.165, 1.54) is 4.57 Å². The molecule has 0 bridgehead atoms. The standard InChI is InChI=1S/C16H14N2O4/c1-9-7-11(8-13-14(9)18(2)16(21)22-13)10-3-5-12(6-4-10)17-15(19)20/h3-8,17H,1-2H3,(H,19,20). The number of hydrogen-bond acceptors (Lipinski definition) is 3. The van der Waals surface area contributed by atoms with Crippen LogP contribution in [0.15, 0.2) is 45.6 Å². The van der Waals surface area contributed by atoms with Crippen molar-refractivity contribution < 1.29 is 14.3 Å². The van der Waals surface area contributed by atoms with E-state index in [-0.39, 0.29) is 0 Å². The van der Waals surface area contributed by atoms with E-state index in [1.54, 1.807) is 19.2 Å². The number of carboxylic acid groups (broad SMARTS) is 1. The van der Waals surface area contributed by atoms with Crippen molar-refractivity contribution in [1.82, 2.24) is 4.57 Å². The van der Waals surface area contributed by atoms with Crippen molar-refractivity contribution in [3.8, 4) is 11.1 Å². The Morgan fingerprint density at radius 2 is 1.86 bits per heavy atom. The number of anilines is 1. The van der Waals surface area contributed by atoms with Crippen LogP contribution >= 0.6 is 0 Å². The van der Waals surface area contributed by atoms with Gasteiger partial charge in [-0.15, -0.1) is 0 Å². The number of oxazole rings is 1. The molecule has 0 fully saturated rings. The van der Waals surface area contributed by atoms with Crippen LogP contribution in [0, 0.1) is 6.92 Å². The summed E-state index contributed by atoms with van der Waals surface area (Å²) in [4.78, 5) is 22.2. The lowest BCUT2D eigenvalue weighted by Crippen LogP contribution is -2.08. The summed E-state index contributed by atoms with van der Waals surface area (Å²) < 4.78 is 6.72. The van der Waals surface area contributed by atoms with Gasteiger partial charge < -0.3 is 9.52 Å². The molecular formula is C16H14N2O4. The highest BCUT2D eigenvalue weighted by atomic mass is 16.4. The SMILES string of the molecule is Cc1cc(-c2ccc(NC(=O)O)cc2)cc2oc(=O)n(C)c12. The predicted molar refractivity (Wildman–Crippen MR) is 83.3 cm³/mol. The van der Waals surface area contributed by atoms with Gasteiger partial charge in [0.1, 0.15) is 0 Å². The number of nitrogens with one attached hydrogen (secondary N) is 1. The fraction of sp³-hybridized carbons (Fsp3) is 0.125. The van der Waals surface area contributed by atoms with E-state index in [1.807, 2.05) is 31.2 Å². The Hall–Kier alpha value is -3.02. The van der Waals surface area contributed by atoms with Crippen molar-refractivity contribution in [3.63, 3.8) is 0 Å². The van der Waals surface area contributed by atoms with E-state index in [9.17, 15) is 9.59 Å². The third-order valence-corrected chi connectivity index (χ3v) is 3.54. The molecule has 0 atom stereocenters. The van der Waals surface area contributed by atoms with Crippen LogP contribution in [0.25, 0.3) is 22.2 Å². The summed E-state index contributed by atoms with van der Waals surface area (Å²) in [6.07, 6.45) is -1.10. The molecule has 0 radical (unpaired) electrons. The average molecular weight is 298 g/mol. The molecule has 22 heavy (non-hydrogen) atoms. The quantitative estimate of drug-likeness (QED) is 0.761. The first-order chi connectivity index (χ1) is 10.5. The van der Waals surface area contributed by atoms with Gasteiger partial charge >= 0.3 is 11.8 Å². The Bertz CT molecular complexity index is 920. The summed E-state index contributed by atoms with van der Waals surface area (Å²) in [7, 11) is 1.67. The second-order valence-electron chi connectivity index (χ2n) is 5.07. The first-order valence-electron chi connectivity index (χ1n) is 6.66. The van der Waals surface area contributed by atoms with Gasteiger partial charge in [-0.05, 0) is 47.9 Å². The monoisotopic (exact) mass is 298 g/mol. The lowest BCUT2D eigenvalue weighted by atomic mass is 10.0. The van der Waals surface area contributed by atoms with Crippen molar-refractivity contribution in [2.24, 2.45) is 7.05 Å². The van der Waals surface area contributed by atoms with Gasteiger partial charge in [0.25, 0.3) is 0 Å². The van der Waals surface area contributed by atoms with Crippen molar-refractivity contribution in [2.75, 3.05) is 5.32 Å². The summed E-state index contributed by atoms with van der Waals surface area (Å²) in [5, 5.41) is 11.0. The van der Waals surface area contributed by atoms with Crippen molar-refractivity contribution in [2.45, 2.75) is 6.92 Å². The molecule has 6 nitrogen and oxygen atoms in total. The summed E-state index contributed by atoms with van der Waals surface area (Å²) in [6.45, 7) is 1.92. The van der Waals surface area contributed by atoms with Crippen LogP contribution in [0.3, 0.4) is 0 Å². The molecule has 1 heterocycles.